The summed E-state index contributed by atoms with van der Waals surface area (Å²) in [6.07, 6.45) is 0. The van der Waals surface area contributed by atoms with E-state index in [4.69, 9.17) is 0 Å². The van der Waals surface area contributed by atoms with E-state index < -0.39 is 10.0 Å². The van der Waals surface area contributed by atoms with Crippen molar-refractivity contribution in [2.24, 2.45) is 0 Å². The lowest BCUT2D eigenvalue weighted by atomic mass is 10.3. The van der Waals surface area contributed by atoms with Gasteiger partial charge in [0.25, 0.3) is 5.91 Å². The number of thiophene rings is 1. The van der Waals surface area contributed by atoms with Crippen LogP contribution in [0.15, 0.2) is 17.5 Å². The van der Waals surface area contributed by atoms with Gasteiger partial charge in [0.15, 0.2) is 0 Å². The van der Waals surface area contributed by atoms with Gasteiger partial charge in [0.1, 0.15) is 0 Å². The topological polar surface area (TPSA) is 69.7 Å². The monoisotopic (exact) mass is 345 g/mol. The highest BCUT2D eigenvalue weighted by Crippen LogP contribution is 2.15. The highest BCUT2D eigenvalue weighted by Gasteiger charge is 2.27. The van der Waals surface area contributed by atoms with Crippen molar-refractivity contribution in [3.8, 4) is 0 Å². The number of nitrogens with zero attached hydrogens (tertiary/aromatic N) is 2. The molecule has 0 saturated carbocycles. The van der Waals surface area contributed by atoms with Gasteiger partial charge < -0.3 is 10.2 Å². The number of amides is 1. The van der Waals surface area contributed by atoms with E-state index in [0.717, 1.165) is 0 Å². The van der Waals surface area contributed by atoms with Gasteiger partial charge in [-0.3, -0.25) is 4.79 Å². The SMILES string of the molecule is CC(C)N(CCS(=O)(=O)N1CCNCC1)C(=O)c1cccs1. The first-order valence-corrected chi connectivity index (χ1v) is 9.93. The molecule has 0 radical (unpaired) electrons. The van der Waals surface area contributed by atoms with E-state index in [-0.39, 0.29) is 24.2 Å². The molecule has 124 valence electrons. The Hall–Kier alpha value is -0.960. The maximum absolute atomic E-state index is 12.5. The summed E-state index contributed by atoms with van der Waals surface area (Å²) in [5.74, 6) is -0.122. The summed E-state index contributed by atoms with van der Waals surface area (Å²) < 4.78 is 26.3. The summed E-state index contributed by atoms with van der Waals surface area (Å²) in [6, 6.07) is 3.56. The fraction of sp³-hybridized carbons (Fsp3) is 0.643. The summed E-state index contributed by atoms with van der Waals surface area (Å²) in [5.41, 5.74) is 0. The van der Waals surface area contributed by atoms with Crippen molar-refractivity contribution in [3.05, 3.63) is 22.4 Å². The zero-order chi connectivity index (χ0) is 16.2. The molecule has 1 saturated heterocycles. The van der Waals surface area contributed by atoms with Crippen LogP contribution in [-0.2, 0) is 10.0 Å². The molecule has 1 aromatic rings. The fourth-order valence-corrected chi connectivity index (χ4v) is 4.50. The van der Waals surface area contributed by atoms with Crippen molar-refractivity contribution in [1.82, 2.24) is 14.5 Å². The number of hydrogen-bond donors (Lipinski definition) is 1. The molecule has 22 heavy (non-hydrogen) atoms. The van der Waals surface area contributed by atoms with Crippen LogP contribution in [0.3, 0.4) is 0 Å². The highest BCUT2D eigenvalue weighted by molar-refractivity contribution is 7.89. The van der Waals surface area contributed by atoms with E-state index in [9.17, 15) is 13.2 Å². The van der Waals surface area contributed by atoms with Crippen molar-refractivity contribution in [3.63, 3.8) is 0 Å². The molecule has 6 nitrogen and oxygen atoms in total. The molecule has 0 spiro atoms. The molecule has 1 amide bonds. The van der Waals surface area contributed by atoms with E-state index in [1.54, 1.807) is 11.0 Å². The second-order valence-corrected chi connectivity index (χ2v) is 8.57. The normalized spacial score (nSPS) is 16.9. The summed E-state index contributed by atoms with van der Waals surface area (Å²) in [5, 5.41) is 4.99. The largest absolute Gasteiger partial charge is 0.334 e. The average Bonchev–Trinajstić information content (AvgIpc) is 3.02. The first-order chi connectivity index (χ1) is 10.4. The van der Waals surface area contributed by atoms with Gasteiger partial charge >= 0.3 is 0 Å². The number of nitrogens with one attached hydrogen (secondary N) is 1. The minimum atomic E-state index is -3.31. The van der Waals surface area contributed by atoms with Crippen LogP contribution < -0.4 is 5.32 Å². The molecule has 1 N–H and O–H groups in total. The third kappa shape index (κ3) is 4.28. The van der Waals surface area contributed by atoms with Gasteiger partial charge in [-0.1, -0.05) is 6.07 Å². The molecule has 2 heterocycles. The summed E-state index contributed by atoms with van der Waals surface area (Å²) >= 11 is 1.38. The van der Waals surface area contributed by atoms with Gasteiger partial charge in [-0.2, -0.15) is 4.31 Å². The Morgan fingerprint density at radius 1 is 1.41 bits per heavy atom. The standard InChI is InChI=1S/C14H23N3O3S2/c1-12(2)17(14(18)13-4-3-10-21-13)9-11-22(19,20)16-7-5-15-6-8-16/h3-4,10,12,15H,5-9,11H2,1-2H3. The molecule has 1 fully saturated rings. The third-order valence-electron chi connectivity index (χ3n) is 3.68. The molecule has 0 atom stereocenters. The summed E-state index contributed by atoms with van der Waals surface area (Å²) in [6.45, 7) is 6.40. The smallest absolute Gasteiger partial charge is 0.264 e. The van der Waals surface area contributed by atoms with Crippen LogP contribution in [-0.4, -0.2) is 68.0 Å². The summed E-state index contributed by atoms with van der Waals surface area (Å²) in [7, 11) is -3.31. The van der Waals surface area contributed by atoms with E-state index in [1.165, 1.54) is 15.6 Å². The van der Waals surface area contributed by atoms with Crippen LogP contribution in [0.1, 0.15) is 23.5 Å². The molecular weight excluding hydrogens is 322 g/mol. The lowest BCUT2D eigenvalue weighted by Gasteiger charge is -2.30. The van der Waals surface area contributed by atoms with Crippen LogP contribution in [0.2, 0.25) is 0 Å². The first kappa shape index (κ1) is 17.4. The molecule has 0 bridgehead atoms. The molecule has 1 aliphatic heterocycles. The molecule has 8 heteroatoms. The molecule has 0 aromatic carbocycles. The Kier molecular flexibility index (Phi) is 5.96. The Morgan fingerprint density at radius 3 is 2.64 bits per heavy atom. The maximum atomic E-state index is 12.5. The third-order valence-corrected chi connectivity index (χ3v) is 6.38. The van der Waals surface area contributed by atoms with Crippen LogP contribution in [0.5, 0.6) is 0 Å². The zero-order valence-corrected chi connectivity index (χ0v) is 14.6. The predicted molar refractivity (Wildman–Crippen MR) is 88.7 cm³/mol. The highest BCUT2D eigenvalue weighted by atomic mass is 32.2. The molecule has 1 aromatic heterocycles. The van der Waals surface area contributed by atoms with E-state index in [1.807, 2.05) is 25.3 Å². The number of piperazine rings is 1. The second-order valence-electron chi connectivity index (χ2n) is 5.53. The second kappa shape index (κ2) is 7.54. The minimum absolute atomic E-state index is 0.0255. The average molecular weight is 345 g/mol. The predicted octanol–water partition coefficient (Wildman–Crippen LogP) is 0.834. The van der Waals surface area contributed by atoms with Crippen molar-refractivity contribution < 1.29 is 13.2 Å². The van der Waals surface area contributed by atoms with Crippen LogP contribution in [0.25, 0.3) is 0 Å². The zero-order valence-electron chi connectivity index (χ0n) is 13.0. The molecule has 0 unspecified atom stereocenters. The van der Waals surface area contributed by atoms with Gasteiger partial charge in [-0.25, -0.2) is 8.42 Å². The number of rotatable bonds is 6. The lowest BCUT2D eigenvalue weighted by molar-refractivity contribution is 0.0723. The number of sulfonamides is 1. The van der Waals surface area contributed by atoms with Crippen molar-refractivity contribution >= 4 is 27.3 Å². The van der Waals surface area contributed by atoms with Gasteiger partial charge in [-0.15, -0.1) is 11.3 Å². The molecule has 1 aliphatic rings. The quantitative estimate of drug-likeness (QED) is 0.829. The number of hydrogen-bond acceptors (Lipinski definition) is 5. The molecule has 0 aliphatic carbocycles. The molecule has 2 rings (SSSR count). The Bertz CT molecular complexity index is 578. The Morgan fingerprint density at radius 2 is 2.09 bits per heavy atom. The first-order valence-electron chi connectivity index (χ1n) is 7.45. The maximum Gasteiger partial charge on any atom is 0.264 e. The van der Waals surface area contributed by atoms with Crippen molar-refractivity contribution in [2.45, 2.75) is 19.9 Å². The van der Waals surface area contributed by atoms with Crippen molar-refractivity contribution in [1.29, 1.82) is 0 Å². The minimum Gasteiger partial charge on any atom is -0.334 e. The Balaban J connectivity index is 2.01. The summed E-state index contributed by atoms with van der Waals surface area (Å²) in [4.78, 5) is 14.7. The van der Waals surface area contributed by atoms with Crippen LogP contribution in [0, 0.1) is 0 Å². The Labute approximate surface area is 136 Å². The van der Waals surface area contributed by atoms with E-state index >= 15 is 0 Å². The van der Waals surface area contributed by atoms with Gasteiger partial charge in [-0.05, 0) is 25.3 Å². The van der Waals surface area contributed by atoms with Gasteiger partial charge in [0.05, 0.1) is 10.6 Å². The lowest BCUT2D eigenvalue weighted by Crippen LogP contribution is -2.49. The van der Waals surface area contributed by atoms with Crippen LogP contribution >= 0.6 is 11.3 Å². The number of carbonyl (C=O) groups is 1. The van der Waals surface area contributed by atoms with Gasteiger partial charge in [0, 0.05) is 38.8 Å². The van der Waals surface area contributed by atoms with Crippen LogP contribution in [0.4, 0.5) is 0 Å². The fourth-order valence-electron chi connectivity index (χ4n) is 2.40. The molecular formula is C14H23N3O3S2. The van der Waals surface area contributed by atoms with Crippen molar-refractivity contribution in [2.75, 3.05) is 38.5 Å². The van der Waals surface area contributed by atoms with E-state index in [2.05, 4.69) is 5.32 Å². The van der Waals surface area contributed by atoms with Gasteiger partial charge in [0.2, 0.25) is 10.0 Å². The number of carbonyl (C=O) groups excluding carboxylic acids is 1. The van der Waals surface area contributed by atoms with E-state index in [0.29, 0.717) is 31.1 Å².